The highest BCUT2D eigenvalue weighted by Gasteiger charge is 2.13. The molecule has 0 atom stereocenters. The number of ether oxygens (including phenoxy) is 2. The first kappa shape index (κ1) is 15.0. The van der Waals surface area contributed by atoms with Gasteiger partial charge >= 0.3 is 0 Å². The molecule has 4 aromatic rings. The zero-order valence-corrected chi connectivity index (χ0v) is 14.2. The van der Waals surface area contributed by atoms with E-state index in [2.05, 4.69) is 64.6 Å². The Kier molecular flexibility index (Phi) is 3.60. The lowest BCUT2D eigenvalue weighted by atomic mass is 10.0. The molecule has 1 aliphatic rings. The second-order valence-corrected chi connectivity index (χ2v) is 6.46. The van der Waals surface area contributed by atoms with Gasteiger partial charge in [-0.05, 0) is 34.9 Å². The fourth-order valence-electron chi connectivity index (χ4n) is 3.45. The molecule has 2 heterocycles. The Bertz CT molecular complexity index is 1080. The van der Waals surface area contributed by atoms with Crippen LogP contribution in [-0.4, -0.2) is 16.8 Å². The predicted molar refractivity (Wildman–Crippen MR) is 102 cm³/mol. The predicted octanol–water partition coefficient (Wildman–Crippen LogP) is 4.74. The van der Waals surface area contributed by atoms with Gasteiger partial charge in [-0.3, -0.25) is 0 Å². The van der Waals surface area contributed by atoms with Gasteiger partial charge in [0, 0.05) is 12.0 Å². The Morgan fingerprint density at radius 1 is 0.885 bits per heavy atom. The van der Waals surface area contributed by atoms with Gasteiger partial charge < -0.3 is 14.5 Å². The van der Waals surface area contributed by atoms with Crippen molar-refractivity contribution >= 4 is 10.8 Å². The molecule has 128 valence electrons. The molecular weight excluding hydrogens is 324 g/mol. The number of nitrogens with one attached hydrogen (secondary N) is 1. The lowest BCUT2D eigenvalue weighted by Gasteiger charge is -2.04. The van der Waals surface area contributed by atoms with E-state index in [4.69, 9.17) is 9.47 Å². The summed E-state index contributed by atoms with van der Waals surface area (Å²) in [6, 6.07) is 20.9. The molecule has 1 aromatic heterocycles. The number of hydrogen-bond acceptors (Lipinski definition) is 3. The molecule has 0 bridgehead atoms. The Balaban J connectivity index is 1.37. The van der Waals surface area contributed by atoms with E-state index in [9.17, 15) is 0 Å². The zero-order valence-electron chi connectivity index (χ0n) is 14.2. The minimum Gasteiger partial charge on any atom is -0.454 e. The Labute approximate surface area is 151 Å². The van der Waals surface area contributed by atoms with Crippen LogP contribution in [0.4, 0.5) is 0 Å². The van der Waals surface area contributed by atoms with Gasteiger partial charge in [-0.1, -0.05) is 48.5 Å². The largest absolute Gasteiger partial charge is 0.454 e. The van der Waals surface area contributed by atoms with Crippen LogP contribution >= 0.6 is 0 Å². The van der Waals surface area contributed by atoms with E-state index in [1.54, 1.807) is 0 Å². The van der Waals surface area contributed by atoms with Crippen molar-refractivity contribution < 1.29 is 9.47 Å². The minimum atomic E-state index is 0.311. The average Bonchev–Trinajstić information content (AvgIpc) is 3.35. The van der Waals surface area contributed by atoms with Crippen LogP contribution in [0.2, 0.25) is 0 Å². The van der Waals surface area contributed by atoms with E-state index < -0.39 is 0 Å². The fraction of sp³-hybridized carbons (Fsp3) is 0.136. The summed E-state index contributed by atoms with van der Waals surface area (Å²) in [4.78, 5) is 8.05. The highest BCUT2D eigenvalue weighted by atomic mass is 16.7. The molecule has 1 N–H and O–H groups in total. The Morgan fingerprint density at radius 2 is 1.77 bits per heavy atom. The number of H-pyrrole nitrogens is 1. The van der Waals surface area contributed by atoms with Crippen molar-refractivity contribution in [1.29, 1.82) is 0 Å². The fourth-order valence-corrected chi connectivity index (χ4v) is 3.45. The quantitative estimate of drug-likeness (QED) is 0.582. The van der Waals surface area contributed by atoms with Gasteiger partial charge in [-0.25, -0.2) is 4.98 Å². The first-order valence-electron chi connectivity index (χ1n) is 8.77. The zero-order chi connectivity index (χ0) is 17.3. The molecule has 1 aliphatic heterocycles. The van der Waals surface area contributed by atoms with Crippen molar-refractivity contribution in [2.45, 2.75) is 12.8 Å². The number of fused-ring (bicyclic) bond motifs is 2. The molecule has 0 saturated heterocycles. The number of rotatable bonds is 4. The van der Waals surface area contributed by atoms with Crippen molar-refractivity contribution in [1.82, 2.24) is 9.97 Å². The van der Waals surface area contributed by atoms with E-state index in [0.29, 0.717) is 6.79 Å². The molecule has 0 saturated carbocycles. The highest BCUT2D eigenvalue weighted by Crippen LogP contribution is 2.33. The van der Waals surface area contributed by atoms with Crippen LogP contribution in [0.5, 0.6) is 11.5 Å². The maximum absolute atomic E-state index is 5.45. The smallest absolute Gasteiger partial charge is 0.231 e. The van der Waals surface area contributed by atoms with Crippen molar-refractivity contribution in [3.63, 3.8) is 0 Å². The van der Waals surface area contributed by atoms with Gasteiger partial charge in [0.2, 0.25) is 6.79 Å². The van der Waals surface area contributed by atoms with Gasteiger partial charge in [0.1, 0.15) is 5.82 Å². The molecule has 0 aliphatic carbocycles. The molecule has 0 amide bonds. The maximum atomic E-state index is 5.45. The van der Waals surface area contributed by atoms with Crippen molar-refractivity contribution in [2.75, 3.05) is 6.79 Å². The van der Waals surface area contributed by atoms with Crippen LogP contribution in [0.25, 0.3) is 22.0 Å². The molecule has 0 spiro atoms. The van der Waals surface area contributed by atoms with Crippen LogP contribution in [0.3, 0.4) is 0 Å². The molecule has 4 heteroatoms. The number of imidazole rings is 1. The summed E-state index contributed by atoms with van der Waals surface area (Å²) in [5.74, 6) is 2.65. The number of aryl methyl sites for hydroxylation is 2. The summed E-state index contributed by atoms with van der Waals surface area (Å²) in [6.07, 6.45) is 3.68. The second-order valence-electron chi connectivity index (χ2n) is 6.46. The molecule has 4 nitrogen and oxygen atoms in total. The number of hydrogen-bond donors (Lipinski definition) is 1. The number of benzene rings is 3. The van der Waals surface area contributed by atoms with E-state index in [0.717, 1.165) is 35.9 Å². The summed E-state index contributed by atoms with van der Waals surface area (Å²) in [7, 11) is 0. The van der Waals surface area contributed by atoms with E-state index in [1.165, 1.54) is 21.9 Å². The van der Waals surface area contributed by atoms with E-state index in [1.807, 2.05) is 12.3 Å². The standard InChI is InChI=1S/C22H18N2O2/c1-2-6-17-16(4-1)5-3-7-18(17)19-13-23-22(24-19)11-9-15-8-10-20-21(12-15)26-14-25-20/h1-8,10,12-13H,9,11,14H2,(H,23,24). The molecule has 0 radical (unpaired) electrons. The molecule has 3 aromatic carbocycles. The van der Waals surface area contributed by atoms with Crippen LogP contribution in [0, 0.1) is 0 Å². The summed E-state index contributed by atoms with van der Waals surface area (Å²) in [5, 5.41) is 2.47. The lowest BCUT2D eigenvalue weighted by molar-refractivity contribution is 0.174. The molecule has 26 heavy (non-hydrogen) atoms. The third kappa shape index (κ3) is 2.69. The first-order valence-corrected chi connectivity index (χ1v) is 8.77. The third-order valence-electron chi connectivity index (χ3n) is 4.80. The summed E-state index contributed by atoms with van der Waals surface area (Å²) in [6.45, 7) is 0.311. The highest BCUT2D eigenvalue weighted by molar-refractivity contribution is 5.95. The third-order valence-corrected chi connectivity index (χ3v) is 4.80. The molecule has 0 unspecified atom stereocenters. The summed E-state index contributed by atoms with van der Waals surface area (Å²) >= 11 is 0. The normalized spacial score (nSPS) is 12.6. The molecular formula is C22H18N2O2. The van der Waals surface area contributed by atoms with E-state index in [-0.39, 0.29) is 0 Å². The van der Waals surface area contributed by atoms with E-state index >= 15 is 0 Å². The summed E-state index contributed by atoms with van der Waals surface area (Å²) in [5.41, 5.74) is 3.46. The van der Waals surface area contributed by atoms with Gasteiger partial charge in [-0.15, -0.1) is 0 Å². The average molecular weight is 342 g/mol. The number of aromatic amines is 1. The SMILES string of the molecule is c1ccc2c(-c3cnc(CCc4ccc5c(c4)OCO5)[nH]3)cccc2c1. The van der Waals surface area contributed by atoms with Gasteiger partial charge in [0.15, 0.2) is 11.5 Å². The minimum absolute atomic E-state index is 0.311. The second kappa shape index (κ2) is 6.23. The van der Waals surface area contributed by atoms with Gasteiger partial charge in [0.25, 0.3) is 0 Å². The van der Waals surface area contributed by atoms with Crippen molar-refractivity contribution in [2.24, 2.45) is 0 Å². The summed E-state index contributed by atoms with van der Waals surface area (Å²) < 4.78 is 10.8. The molecule has 0 fully saturated rings. The first-order chi connectivity index (χ1) is 12.9. The monoisotopic (exact) mass is 342 g/mol. The van der Waals surface area contributed by atoms with Crippen molar-refractivity contribution in [3.8, 4) is 22.8 Å². The number of nitrogens with zero attached hydrogens (tertiary/aromatic N) is 1. The van der Waals surface area contributed by atoms with Crippen LogP contribution in [0.15, 0.2) is 66.9 Å². The number of aromatic nitrogens is 2. The van der Waals surface area contributed by atoms with Crippen LogP contribution in [-0.2, 0) is 12.8 Å². The van der Waals surface area contributed by atoms with Crippen LogP contribution < -0.4 is 9.47 Å². The lowest BCUT2D eigenvalue weighted by Crippen LogP contribution is -1.94. The Morgan fingerprint density at radius 3 is 2.77 bits per heavy atom. The van der Waals surface area contributed by atoms with Crippen molar-refractivity contribution in [3.05, 3.63) is 78.2 Å². The van der Waals surface area contributed by atoms with Gasteiger partial charge in [0.05, 0.1) is 11.9 Å². The van der Waals surface area contributed by atoms with Gasteiger partial charge in [-0.2, -0.15) is 0 Å². The maximum Gasteiger partial charge on any atom is 0.231 e. The molecule has 5 rings (SSSR count). The topological polar surface area (TPSA) is 47.1 Å². The Hall–Kier alpha value is -3.27. The van der Waals surface area contributed by atoms with Crippen LogP contribution in [0.1, 0.15) is 11.4 Å².